The van der Waals surface area contributed by atoms with Gasteiger partial charge in [-0.15, -0.1) is 0 Å². The van der Waals surface area contributed by atoms with Crippen molar-refractivity contribution in [3.63, 3.8) is 0 Å². The Labute approximate surface area is 112 Å². The molecule has 0 spiro atoms. The van der Waals surface area contributed by atoms with Crippen LogP contribution in [0.1, 0.15) is 25.0 Å². The van der Waals surface area contributed by atoms with E-state index >= 15 is 0 Å². The van der Waals surface area contributed by atoms with Crippen molar-refractivity contribution in [2.45, 2.75) is 35.4 Å². The molecule has 1 fully saturated rings. The van der Waals surface area contributed by atoms with Gasteiger partial charge in [0.25, 0.3) is 0 Å². The molecule has 0 aliphatic heterocycles. The van der Waals surface area contributed by atoms with E-state index in [0.717, 1.165) is 18.5 Å². The second kappa shape index (κ2) is 5.24. The van der Waals surface area contributed by atoms with Gasteiger partial charge in [-0.3, -0.25) is 0 Å². The summed E-state index contributed by atoms with van der Waals surface area (Å²) in [6, 6.07) is 1.58. The van der Waals surface area contributed by atoms with Crippen LogP contribution in [0.3, 0.4) is 0 Å². The van der Waals surface area contributed by atoms with Crippen LogP contribution >= 0.6 is 11.8 Å². The van der Waals surface area contributed by atoms with Crippen molar-refractivity contribution < 1.29 is 8.42 Å². The summed E-state index contributed by atoms with van der Waals surface area (Å²) in [6.45, 7) is 0.809. The number of aromatic nitrogens is 1. The zero-order valence-corrected chi connectivity index (χ0v) is 12.0. The predicted octanol–water partition coefficient (Wildman–Crippen LogP) is 1.04. The number of nitrogens with two attached hydrogens (primary N) is 1. The summed E-state index contributed by atoms with van der Waals surface area (Å²) in [7, 11) is -3.42. The molecule has 1 aliphatic carbocycles. The zero-order valence-electron chi connectivity index (χ0n) is 10.4. The molecular formula is C11H19N3O2S2. The van der Waals surface area contributed by atoms with Gasteiger partial charge in [-0.2, -0.15) is 11.8 Å². The lowest BCUT2D eigenvalue weighted by atomic mass is 9.84. The van der Waals surface area contributed by atoms with Gasteiger partial charge in [0, 0.05) is 29.7 Å². The minimum absolute atomic E-state index is 0.0973. The van der Waals surface area contributed by atoms with Crippen LogP contribution in [0.2, 0.25) is 0 Å². The number of aromatic amines is 1. The van der Waals surface area contributed by atoms with E-state index in [0.29, 0.717) is 13.1 Å². The molecular weight excluding hydrogens is 270 g/mol. The van der Waals surface area contributed by atoms with Crippen molar-refractivity contribution in [2.75, 3.05) is 12.8 Å². The lowest BCUT2D eigenvalue weighted by Crippen LogP contribution is -2.45. The summed E-state index contributed by atoms with van der Waals surface area (Å²) in [5.74, 6) is 0. The first-order valence-electron chi connectivity index (χ1n) is 5.93. The van der Waals surface area contributed by atoms with E-state index < -0.39 is 10.0 Å². The molecule has 7 heteroatoms. The SMILES string of the molecule is CSC1(CNS(=O)(=O)c2c[nH]c(CN)c2)CCC1. The third kappa shape index (κ3) is 2.74. The number of H-pyrrole nitrogens is 1. The molecule has 5 nitrogen and oxygen atoms in total. The molecule has 1 aromatic heterocycles. The molecule has 1 aliphatic rings. The van der Waals surface area contributed by atoms with Crippen LogP contribution in [-0.4, -0.2) is 30.9 Å². The minimum atomic E-state index is -3.42. The Balaban J connectivity index is 2.03. The molecule has 0 bridgehead atoms. The zero-order chi connectivity index (χ0) is 13.2. The van der Waals surface area contributed by atoms with Crippen LogP contribution in [0.4, 0.5) is 0 Å². The highest BCUT2D eigenvalue weighted by molar-refractivity contribution is 8.00. The van der Waals surface area contributed by atoms with Crippen molar-refractivity contribution in [3.8, 4) is 0 Å². The minimum Gasteiger partial charge on any atom is -0.363 e. The quantitative estimate of drug-likeness (QED) is 0.730. The molecule has 18 heavy (non-hydrogen) atoms. The summed E-state index contributed by atoms with van der Waals surface area (Å²) >= 11 is 1.75. The van der Waals surface area contributed by atoms with E-state index in [1.54, 1.807) is 17.8 Å². The fraction of sp³-hybridized carbons (Fsp3) is 0.636. The molecule has 1 aromatic rings. The number of hydrogen-bond donors (Lipinski definition) is 3. The maximum absolute atomic E-state index is 12.1. The van der Waals surface area contributed by atoms with Crippen molar-refractivity contribution in [2.24, 2.45) is 5.73 Å². The highest BCUT2D eigenvalue weighted by Gasteiger charge is 2.37. The molecule has 1 heterocycles. The van der Waals surface area contributed by atoms with Gasteiger partial charge in [-0.1, -0.05) is 6.42 Å². The van der Waals surface area contributed by atoms with Crippen molar-refractivity contribution in [1.82, 2.24) is 9.71 Å². The van der Waals surface area contributed by atoms with E-state index in [1.807, 2.05) is 6.26 Å². The predicted molar refractivity (Wildman–Crippen MR) is 74.0 cm³/mol. The van der Waals surface area contributed by atoms with Gasteiger partial charge < -0.3 is 10.7 Å². The van der Waals surface area contributed by atoms with E-state index in [-0.39, 0.29) is 9.64 Å². The standard InChI is InChI=1S/C11H19N3O2S2/c1-17-11(3-2-4-11)8-14-18(15,16)10-5-9(6-12)13-7-10/h5,7,13-14H,2-4,6,8,12H2,1H3. The lowest BCUT2D eigenvalue weighted by molar-refractivity contribution is 0.362. The van der Waals surface area contributed by atoms with Gasteiger partial charge in [-0.25, -0.2) is 13.1 Å². The molecule has 0 atom stereocenters. The first-order chi connectivity index (χ1) is 8.51. The van der Waals surface area contributed by atoms with Gasteiger partial charge in [0.1, 0.15) is 0 Å². The summed E-state index contributed by atoms with van der Waals surface area (Å²) in [5, 5.41) is 0. The molecule has 0 amide bonds. The van der Waals surface area contributed by atoms with Crippen molar-refractivity contribution in [3.05, 3.63) is 18.0 Å². The normalized spacial score (nSPS) is 18.6. The summed E-state index contributed by atoms with van der Waals surface area (Å²) in [4.78, 5) is 3.11. The smallest absolute Gasteiger partial charge is 0.242 e. The third-order valence-corrected chi connectivity index (χ3v) is 6.33. The monoisotopic (exact) mass is 289 g/mol. The number of thioether (sulfide) groups is 1. The molecule has 0 radical (unpaired) electrons. The Morgan fingerprint density at radius 1 is 1.56 bits per heavy atom. The van der Waals surface area contributed by atoms with Gasteiger partial charge in [0.2, 0.25) is 10.0 Å². The molecule has 0 saturated heterocycles. The van der Waals surface area contributed by atoms with E-state index in [9.17, 15) is 8.42 Å². The second-order valence-corrected chi connectivity index (χ2v) is 7.67. The van der Waals surface area contributed by atoms with Crippen molar-refractivity contribution >= 4 is 21.8 Å². The maximum Gasteiger partial charge on any atom is 0.242 e. The Bertz CT molecular complexity index is 501. The Hall–Kier alpha value is -0.500. The molecule has 0 aromatic carbocycles. The average Bonchev–Trinajstić information content (AvgIpc) is 2.77. The van der Waals surface area contributed by atoms with Crippen LogP contribution < -0.4 is 10.5 Å². The molecule has 1 saturated carbocycles. The summed E-state index contributed by atoms with van der Waals surface area (Å²) < 4.78 is 27.0. The van der Waals surface area contributed by atoms with Gasteiger partial charge in [-0.05, 0) is 25.2 Å². The number of rotatable bonds is 6. The molecule has 2 rings (SSSR count). The van der Waals surface area contributed by atoms with E-state index in [2.05, 4.69) is 9.71 Å². The Kier molecular flexibility index (Phi) is 4.05. The third-order valence-electron chi connectivity index (χ3n) is 3.53. The van der Waals surface area contributed by atoms with Crippen LogP contribution in [-0.2, 0) is 16.6 Å². The molecule has 4 N–H and O–H groups in total. The van der Waals surface area contributed by atoms with Crippen molar-refractivity contribution in [1.29, 1.82) is 0 Å². The largest absolute Gasteiger partial charge is 0.363 e. The number of sulfonamides is 1. The highest BCUT2D eigenvalue weighted by Crippen LogP contribution is 2.42. The van der Waals surface area contributed by atoms with Gasteiger partial charge in [0.15, 0.2) is 0 Å². The Morgan fingerprint density at radius 2 is 2.28 bits per heavy atom. The highest BCUT2D eigenvalue weighted by atomic mass is 32.2. The van der Waals surface area contributed by atoms with Gasteiger partial charge >= 0.3 is 0 Å². The lowest BCUT2D eigenvalue weighted by Gasteiger charge is -2.40. The molecule has 0 unspecified atom stereocenters. The fourth-order valence-corrected chi connectivity index (χ4v) is 4.18. The average molecular weight is 289 g/mol. The maximum atomic E-state index is 12.1. The number of hydrogen-bond acceptors (Lipinski definition) is 4. The van der Waals surface area contributed by atoms with Crippen LogP contribution in [0.25, 0.3) is 0 Å². The van der Waals surface area contributed by atoms with E-state index in [1.165, 1.54) is 12.6 Å². The van der Waals surface area contributed by atoms with Crippen LogP contribution in [0.5, 0.6) is 0 Å². The Morgan fingerprint density at radius 3 is 2.72 bits per heavy atom. The summed E-state index contributed by atoms with van der Waals surface area (Å²) in [5.41, 5.74) is 6.17. The summed E-state index contributed by atoms with van der Waals surface area (Å²) in [6.07, 6.45) is 6.87. The number of nitrogens with one attached hydrogen (secondary N) is 2. The fourth-order valence-electron chi connectivity index (χ4n) is 2.03. The topological polar surface area (TPSA) is 88.0 Å². The van der Waals surface area contributed by atoms with Crippen LogP contribution in [0.15, 0.2) is 17.2 Å². The second-order valence-electron chi connectivity index (χ2n) is 4.63. The van der Waals surface area contributed by atoms with Gasteiger partial charge in [0.05, 0.1) is 4.90 Å². The van der Waals surface area contributed by atoms with E-state index in [4.69, 9.17) is 5.73 Å². The first-order valence-corrected chi connectivity index (χ1v) is 8.64. The first kappa shape index (κ1) is 13.9. The van der Waals surface area contributed by atoms with Crippen LogP contribution in [0, 0.1) is 0 Å². The molecule has 102 valence electrons.